The zero-order chi connectivity index (χ0) is 26.0. The Morgan fingerprint density at radius 2 is 1.95 bits per heavy atom. The summed E-state index contributed by atoms with van der Waals surface area (Å²) in [5, 5.41) is 12.5. The number of alkyl halides is 3. The second-order valence-electron chi connectivity index (χ2n) is 9.35. The summed E-state index contributed by atoms with van der Waals surface area (Å²) >= 11 is 7.41. The Balaban J connectivity index is 1.40. The lowest BCUT2D eigenvalue weighted by molar-refractivity contribution is -0.137. The highest BCUT2D eigenvalue weighted by atomic mass is 35.5. The Labute approximate surface area is 221 Å². The van der Waals surface area contributed by atoms with Gasteiger partial charge in [-0.15, -0.1) is 10.2 Å². The zero-order valence-corrected chi connectivity index (χ0v) is 21.5. The first kappa shape index (κ1) is 26.1. The van der Waals surface area contributed by atoms with Crippen LogP contribution in [0, 0.1) is 0 Å². The van der Waals surface area contributed by atoms with Crippen molar-refractivity contribution in [2.75, 3.05) is 12.4 Å². The number of thioether (sulfide) groups is 1. The molecule has 1 unspecified atom stereocenters. The lowest BCUT2D eigenvalue weighted by atomic mass is 9.64. The van der Waals surface area contributed by atoms with Gasteiger partial charge >= 0.3 is 6.18 Å². The fourth-order valence-corrected chi connectivity index (χ4v) is 5.97. The van der Waals surface area contributed by atoms with Crippen LogP contribution >= 0.6 is 23.4 Å². The summed E-state index contributed by atoms with van der Waals surface area (Å²) < 4.78 is 47.6. The summed E-state index contributed by atoms with van der Waals surface area (Å²) in [5.41, 5.74) is -0.231. The molecule has 3 aromatic rings. The molecule has 5 rings (SSSR count). The molecular formula is C26H26ClF3N4O2S. The molecular weight excluding hydrogens is 525 g/mol. The van der Waals surface area contributed by atoms with E-state index in [1.165, 1.54) is 17.8 Å². The minimum absolute atomic E-state index is 0.0257. The molecule has 1 saturated heterocycles. The van der Waals surface area contributed by atoms with Gasteiger partial charge in [-0.2, -0.15) is 13.2 Å². The monoisotopic (exact) mass is 550 g/mol. The standard InChI is InChI=1S/C26H26ClF3N4O2S/c27-19-9-7-17(8-10-19)25(11-3-12-25)23(35)31-15-22-32-33-24(37-16-21-6-2-13-36-21)34(22)20-5-1-4-18(14-20)26(28,29)30/h1,4-5,7-10,14,21H,2-3,6,11-13,15-16H2,(H,31,35). The van der Waals surface area contributed by atoms with E-state index in [1.54, 1.807) is 22.8 Å². The van der Waals surface area contributed by atoms with Gasteiger partial charge in [0, 0.05) is 17.4 Å². The Hall–Kier alpha value is -2.56. The van der Waals surface area contributed by atoms with Crippen LogP contribution in [0.15, 0.2) is 53.7 Å². The molecule has 196 valence electrons. The summed E-state index contributed by atoms with van der Waals surface area (Å²) in [6, 6.07) is 12.3. The molecule has 2 aromatic carbocycles. The van der Waals surface area contributed by atoms with Crippen molar-refractivity contribution in [3.05, 3.63) is 70.5 Å². The Kier molecular flexibility index (Phi) is 7.51. The van der Waals surface area contributed by atoms with Crippen LogP contribution < -0.4 is 5.32 Å². The van der Waals surface area contributed by atoms with E-state index in [-0.39, 0.29) is 24.2 Å². The Bertz CT molecular complexity index is 1260. The third-order valence-electron chi connectivity index (χ3n) is 7.00. The van der Waals surface area contributed by atoms with Gasteiger partial charge in [-0.25, -0.2) is 0 Å². The van der Waals surface area contributed by atoms with Gasteiger partial charge in [-0.05, 0) is 61.6 Å². The Morgan fingerprint density at radius 3 is 2.59 bits per heavy atom. The van der Waals surface area contributed by atoms with Gasteiger partial charge in [0.1, 0.15) is 0 Å². The van der Waals surface area contributed by atoms with Crippen molar-refractivity contribution in [2.45, 2.75) is 61.5 Å². The van der Waals surface area contributed by atoms with Crippen LogP contribution in [-0.4, -0.2) is 39.1 Å². The van der Waals surface area contributed by atoms with Crippen LogP contribution in [0.2, 0.25) is 5.02 Å². The molecule has 1 saturated carbocycles. The van der Waals surface area contributed by atoms with Crippen LogP contribution in [0.1, 0.15) is 49.1 Å². The van der Waals surface area contributed by atoms with Crippen LogP contribution in [-0.2, 0) is 27.7 Å². The molecule has 1 atom stereocenters. The number of benzene rings is 2. The van der Waals surface area contributed by atoms with Crippen molar-refractivity contribution in [2.24, 2.45) is 0 Å². The number of carbonyl (C=O) groups is 1. The Morgan fingerprint density at radius 1 is 1.16 bits per heavy atom. The summed E-state index contributed by atoms with van der Waals surface area (Å²) in [4.78, 5) is 13.4. The largest absolute Gasteiger partial charge is 0.416 e. The third kappa shape index (κ3) is 5.51. The summed E-state index contributed by atoms with van der Waals surface area (Å²) in [6.07, 6.45) is -0.151. The quantitative estimate of drug-likeness (QED) is 0.351. The van der Waals surface area contributed by atoms with Gasteiger partial charge < -0.3 is 10.1 Å². The lowest BCUT2D eigenvalue weighted by Gasteiger charge is -2.40. The number of carbonyl (C=O) groups excluding carboxylic acids is 1. The molecule has 0 radical (unpaired) electrons. The first-order chi connectivity index (χ1) is 17.8. The number of aromatic nitrogens is 3. The summed E-state index contributed by atoms with van der Waals surface area (Å²) in [6.45, 7) is 0.732. The van der Waals surface area contributed by atoms with Gasteiger partial charge in [-0.3, -0.25) is 9.36 Å². The molecule has 1 aliphatic heterocycles. The van der Waals surface area contributed by atoms with E-state index in [0.29, 0.717) is 41.2 Å². The highest BCUT2D eigenvalue weighted by Gasteiger charge is 2.45. The minimum atomic E-state index is -4.49. The molecule has 1 N–H and O–H groups in total. The predicted molar refractivity (Wildman–Crippen MR) is 135 cm³/mol. The molecule has 0 spiro atoms. The molecule has 1 amide bonds. The van der Waals surface area contributed by atoms with E-state index in [0.717, 1.165) is 37.0 Å². The van der Waals surface area contributed by atoms with Gasteiger partial charge in [0.05, 0.1) is 29.3 Å². The lowest BCUT2D eigenvalue weighted by Crippen LogP contribution is -2.49. The number of hydrogen-bond donors (Lipinski definition) is 1. The average molecular weight is 551 g/mol. The highest BCUT2D eigenvalue weighted by Crippen LogP contribution is 2.44. The van der Waals surface area contributed by atoms with Crippen molar-refractivity contribution < 1.29 is 22.7 Å². The fraction of sp³-hybridized carbons (Fsp3) is 0.423. The zero-order valence-electron chi connectivity index (χ0n) is 19.9. The van der Waals surface area contributed by atoms with E-state index in [2.05, 4.69) is 15.5 Å². The van der Waals surface area contributed by atoms with Gasteiger partial charge in [0.15, 0.2) is 11.0 Å². The van der Waals surface area contributed by atoms with Gasteiger partial charge in [-0.1, -0.05) is 48.0 Å². The van der Waals surface area contributed by atoms with E-state index in [9.17, 15) is 18.0 Å². The molecule has 6 nitrogen and oxygen atoms in total. The number of rotatable bonds is 8. The van der Waals surface area contributed by atoms with E-state index < -0.39 is 17.2 Å². The molecule has 2 fully saturated rings. The normalized spacial score (nSPS) is 19.0. The maximum atomic E-state index is 13.5. The van der Waals surface area contributed by atoms with E-state index in [1.807, 2.05) is 12.1 Å². The van der Waals surface area contributed by atoms with Gasteiger partial charge in [0.25, 0.3) is 0 Å². The number of nitrogens with zero attached hydrogens (tertiary/aromatic N) is 3. The first-order valence-corrected chi connectivity index (χ1v) is 13.5. The SMILES string of the molecule is O=C(NCc1nnc(SCC2CCCO2)n1-c1cccc(C(F)(F)F)c1)C1(c2ccc(Cl)cc2)CCC1. The average Bonchev–Trinajstić information content (AvgIpc) is 3.51. The molecule has 1 aliphatic carbocycles. The van der Waals surface area contributed by atoms with E-state index in [4.69, 9.17) is 16.3 Å². The number of nitrogens with one attached hydrogen (secondary N) is 1. The predicted octanol–water partition coefficient (Wildman–Crippen LogP) is 5.95. The van der Waals surface area contributed by atoms with Crippen LogP contribution in [0.4, 0.5) is 13.2 Å². The number of amides is 1. The molecule has 0 bridgehead atoms. The number of hydrogen-bond acceptors (Lipinski definition) is 5. The molecule has 1 aromatic heterocycles. The van der Waals surface area contributed by atoms with Crippen molar-refractivity contribution in [1.82, 2.24) is 20.1 Å². The number of ether oxygens (including phenoxy) is 1. The highest BCUT2D eigenvalue weighted by molar-refractivity contribution is 7.99. The first-order valence-electron chi connectivity index (χ1n) is 12.2. The summed E-state index contributed by atoms with van der Waals surface area (Å²) in [7, 11) is 0. The molecule has 37 heavy (non-hydrogen) atoms. The van der Waals surface area contributed by atoms with E-state index >= 15 is 0 Å². The minimum Gasteiger partial charge on any atom is -0.377 e. The topological polar surface area (TPSA) is 69.0 Å². The second-order valence-corrected chi connectivity index (χ2v) is 10.8. The molecule has 2 heterocycles. The third-order valence-corrected chi connectivity index (χ3v) is 8.31. The van der Waals surface area contributed by atoms with Crippen LogP contribution in [0.5, 0.6) is 0 Å². The van der Waals surface area contributed by atoms with Crippen LogP contribution in [0.25, 0.3) is 5.69 Å². The number of halogens is 4. The maximum Gasteiger partial charge on any atom is 0.416 e. The molecule has 11 heteroatoms. The van der Waals surface area contributed by atoms with Crippen molar-refractivity contribution >= 4 is 29.3 Å². The summed E-state index contributed by atoms with van der Waals surface area (Å²) in [5.74, 6) is 0.824. The fourth-order valence-electron chi connectivity index (χ4n) is 4.81. The second kappa shape index (κ2) is 10.7. The smallest absolute Gasteiger partial charge is 0.377 e. The molecule has 2 aliphatic rings. The maximum absolute atomic E-state index is 13.5. The van der Waals surface area contributed by atoms with Crippen molar-refractivity contribution in [1.29, 1.82) is 0 Å². The van der Waals surface area contributed by atoms with Crippen molar-refractivity contribution in [3.63, 3.8) is 0 Å². The van der Waals surface area contributed by atoms with Crippen molar-refractivity contribution in [3.8, 4) is 5.69 Å². The van der Waals surface area contributed by atoms with Gasteiger partial charge in [0.2, 0.25) is 5.91 Å². The van der Waals surface area contributed by atoms with Crippen LogP contribution in [0.3, 0.4) is 0 Å².